The van der Waals surface area contributed by atoms with E-state index in [0.29, 0.717) is 13.0 Å². The molecule has 7 heteroatoms. The molecule has 2 aromatic rings. The predicted molar refractivity (Wildman–Crippen MR) is 78.8 cm³/mol. The van der Waals surface area contributed by atoms with Crippen molar-refractivity contribution >= 4 is 16.9 Å². The molecule has 3 rings (SSSR count). The average molecular weight is 323 g/mol. The van der Waals surface area contributed by atoms with Gasteiger partial charge in [-0.05, 0) is 25.8 Å². The summed E-state index contributed by atoms with van der Waals surface area (Å²) in [6, 6.07) is 0.806. The van der Waals surface area contributed by atoms with Crippen molar-refractivity contribution in [2.24, 2.45) is 0 Å². The van der Waals surface area contributed by atoms with E-state index in [1.807, 2.05) is 0 Å². The molecule has 1 aliphatic rings. The van der Waals surface area contributed by atoms with Gasteiger partial charge in [0, 0.05) is 12.7 Å². The Hall–Kier alpha value is -2.44. The highest BCUT2D eigenvalue weighted by Crippen LogP contribution is 2.31. The van der Waals surface area contributed by atoms with E-state index in [0.717, 1.165) is 12.5 Å². The molecule has 0 spiro atoms. The minimum Gasteiger partial charge on any atom is -0.488 e. The highest BCUT2D eigenvalue weighted by Gasteiger charge is 2.24. The molecule has 0 N–H and O–H groups in total. The van der Waals surface area contributed by atoms with E-state index in [1.54, 1.807) is 11.5 Å². The lowest BCUT2D eigenvalue weighted by molar-refractivity contribution is 0.0524. The Balaban J connectivity index is 2.38. The second-order valence-electron chi connectivity index (χ2n) is 5.24. The van der Waals surface area contributed by atoms with Crippen LogP contribution >= 0.6 is 0 Å². The Morgan fingerprint density at radius 2 is 2.17 bits per heavy atom. The molecule has 0 bridgehead atoms. The molecule has 0 fully saturated rings. The molecule has 0 unspecified atom stereocenters. The smallest absolute Gasteiger partial charge is 0.343 e. The first kappa shape index (κ1) is 15.5. The highest BCUT2D eigenvalue weighted by molar-refractivity contribution is 5.95. The fourth-order valence-corrected chi connectivity index (χ4v) is 2.70. The van der Waals surface area contributed by atoms with Crippen molar-refractivity contribution in [2.45, 2.75) is 26.3 Å². The van der Waals surface area contributed by atoms with Crippen LogP contribution in [0, 0.1) is 11.6 Å². The lowest BCUT2D eigenvalue weighted by atomic mass is 10.1. The van der Waals surface area contributed by atoms with Crippen LogP contribution in [0.1, 0.15) is 30.1 Å². The topological polar surface area (TPSA) is 57.5 Å². The number of ether oxygens (including phenoxy) is 2. The molecule has 1 aromatic carbocycles. The maximum Gasteiger partial charge on any atom is 0.343 e. The summed E-state index contributed by atoms with van der Waals surface area (Å²) in [5, 5.41) is -0.0913. The minimum atomic E-state index is -1.18. The Morgan fingerprint density at radius 3 is 2.91 bits per heavy atom. The van der Waals surface area contributed by atoms with Crippen molar-refractivity contribution in [2.75, 3.05) is 13.2 Å². The minimum absolute atomic E-state index is 0.0913. The Labute approximate surface area is 130 Å². The third kappa shape index (κ3) is 2.56. The van der Waals surface area contributed by atoms with Crippen LogP contribution in [0.2, 0.25) is 0 Å². The number of halogens is 2. The van der Waals surface area contributed by atoms with Gasteiger partial charge in [0.05, 0.1) is 24.1 Å². The van der Waals surface area contributed by atoms with Crippen molar-refractivity contribution in [1.82, 2.24) is 4.57 Å². The Bertz CT molecular complexity index is 844. The normalized spacial score (nSPS) is 14.0. The lowest BCUT2D eigenvalue weighted by Gasteiger charge is -2.20. The second-order valence-corrected chi connectivity index (χ2v) is 5.24. The van der Waals surface area contributed by atoms with Gasteiger partial charge in [-0.2, -0.15) is 4.39 Å². The SMILES string of the molecule is CCOC(=O)c1cn2c3c(c(F)c(F)cc3c1=O)OCCCC2. The summed E-state index contributed by atoms with van der Waals surface area (Å²) in [5.41, 5.74) is -0.724. The highest BCUT2D eigenvalue weighted by atomic mass is 19.2. The number of rotatable bonds is 2. The number of esters is 1. The number of aryl methyl sites for hydroxylation is 1. The molecule has 0 amide bonds. The van der Waals surface area contributed by atoms with Crippen LogP contribution in [0.4, 0.5) is 8.78 Å². The molecule has 0 saturated heterocycles. The summed E-state index contributed by atoms with van der Waals surface area (Å²) in [5.74, 6) is -3.38. The molecule has 0 atom stereocenters. The molecule has 1 aliphatic heterocycles. The molecule has 2 heterocycles. The van der Waals surface area contributed by atoms with Crippen molar-refractivity contribution in [3.8, 4) is 5.75 Å². The summed E-state index contributed by atoms with van der Waals surface area (Å²) in [7, 11) is 0. The van der Waals surface area contributed by atoms with Gasteiger partial charge >= 0.3 is 5.97 Å². The van der Waals surface area contributed by atoms with Crippen LogP contribution in [0.15, 0.2) is 17.1 Å². The lowest BCUT2D eigenvalue weighted by Crippen LogP contribution is -2.23. The summed E-state index contributed by atoms with van der Waals surface area (Å²) in [6.45, 7) is 2.44. The van der Waals surface area contributed by atoms with E-state index in [2.05, 4.69) is 0 Å². The zero-order valence-corrected chi connectivity index (χ0v) is 12.5. The average Bonchev–Trinajstić information content (AvgIpc) is 2.50. The van der Waals surface area contributed by atoms with E-state index >= 15 is 0 Å². The van der Waals surface area contributed by atoms with Gasteiger partial charge in [0.15, 0.2) is 11.6 Å². The van der Waals surface area contributed by atoms with Gasteiger partial charge in [-0.25, -0.2) is 9.18 Å². The predicted octanol–water partition coefficient (Wildman–Crippen LogP) is 2.63. The monoisotopic (exact) mass is 323 g/mol. The fourth-order valence-electron chi connectivity index (χ4n) is 2.70. The van der Waals surface area contributed by atoms with Crippen LogP contribution in [0.25, 0.3) is 10.9 Å². The molecule has 23 heavy (non-hydrogen) atoms. The first-order valence-electron chi connectivity index (χ1n) is 7.39. The van der Waals surface area contributed by atoms with E-state index in [9.17, 15) is 18.4 Å². The summed E-state index contributed by atoms with van der Waals surface area (Å²) < 4.78 is 39.6. The number of hydrogen-bond acceptors (Lipinski definition) is 4. The second kappa shape index (κ2) is 5.98. The largest absolute Gasteiger partial charge is 0.488 e. The zero-order valence-electron chi connectivity index (χ0n) is 12.5. The van der Waals surface area contributed by atoms with Crippen molar-refractivity contribution in [3.05, 3.63) is 39.7 Å². The third-order valence-corrected chi connectivity index (χ3v) is 3.75. The van der Waals surface area contributed by atoms with E-state index in [4.69, 9.17) is 9.47 Å². The molecule has 122 valence electrons. The van der Waals surface area contributed by atoms with Crippen LogP contribution in [0.5, 0.6) is 5.75 Å². The van der Waals surface area contributed by atoms with E-state index < -0.39 is 23.0 Å². The Morgan fingerprint density at radius 1 is 1.39 bits per heavy atom. The van der Waals surface area contributed by atoms with Gasteiger partial charge in [-0.3, -0.25) is 4.79 Å². The van der Waals surface area contributed by atoms with Crippen molar-refractivity contribution in [3.63, 3.8) is 0 Å². The van der Waals surface area contributed by atoms with Gasteiger partial charge in [-0.1, -0.05) is 0 Å². The molecule has 0 radical (unpaired) electrons. The van der Waals surface area contributed by atoms with Gasteiger partial charge in [0.1, 0.15) is 5.56 Å². The van der Waals surface area contributed by atoms with Gasteiger partial charge < -0.3 is 14.0 Å². The zero-order chi connectivity index (χ0) is 16.6. The van der Waals surface area contributed by atoms with Crippen LogP contribution in [-0.4, -0.2) is 23.8 Å². The number of nitrogens with zero attached hydrogens (tertiary/aromatic N) is 1. The van der Waals surface area contributed by atoms with Gasteiger partial charge in [0.25, 0.3) is 0 Å². The number of benzene rings is 1. The summed E-state index contributed by atoms with van der Waals surface area (Å²) >= 11 is 0. The number of pyridine rings is 1. The molecular weight excluding hydrogens is 308 g/mol. The van der Waals surface area contributed by atoms with Crippen LogP contribution in [-0.2, 0) is 11.3 Å². The molecular formula is C16H15F2NO4. The maximum absolute atomic E-state index is 14.1. The summed E-state index contributed by atoms with van der Waals surface area (Å²) in [6.07, 6.45) is 2.70. The Kier molecular flexibility index (Phi) is 4.02. The maximum atomic E-state index is 14.1. The standard InChI is InChI=1S/C16H15F2NO4/c1-2-22-16(21)10-8-19-5-3-4-6-23-15-12(18)11(17)7-9(13(15)19)14(10)20/h7-8H,2-6H2,1H3. The van der Waals surface area contributed by atoms with E-state index in [1.165, 1.54) is 6.20 Å². The first-order chi connectivity index (χ1) is 11.0. The molecule has 1 aromatic heterocycles. The van der Waals surface area contributed by atoms with Crippen LogP contribution < -0.4 is 10.2 Å². The molecule has 0 aliphatic carbocycles. The number of carbonyl (C=O) groups excluding carboxylic acids is 1. The van der Waals surface area contributed by atoms with Crippen LogP contribution in [0.3, 0.4) is 0 Å². The van der Waals surface area contributed by atoms with Crippen molar-refractivity contribution in [1.29, 1.82) is 0 Å². The quantitative estimate of drug-likeness (QED) is 0.797. The number of carbonyl (C=O) groups is 1. The van der Waals surface area contributed by atoms with Crippen molar-refractivity contribution < 1.29 is 23.0 Å². The van der Waals surface area contributed by atoms with Gasteiger partial charge in [-0.15, -0.1) is 0 Å². The van der Waals surface area contributed by atoms with E-state index in [-0.39, 0.29) is 35.4 Å². The number of aromatic nitrogens is 1. The number of hydrogen-bond donors (Lipinski definition) is 0. The third-order valence-electron chi connectivity index (χ3n) is 3.75. The first-order valence-corrected chi connectivity index (χ1v) is 7.39. The summed E-state index contributed by atoms with van der Waals surface area (Å²) in [4.78, 5) is 24.4. The molecule has 5 nitrogen and oxygen atoms in total. The van der Waals surface area contributed by atoms with Gasteiger partial charge in [0.2, 0.25) is 11.2 Å². The molecule has 0 saturated carbocycles. The fraction of sp³-hybridized carbons (Fsp3) is 0.375.